The molecule has 0 unspecified atom stereocenters. The van der Waals surface area contributed by atoms with Crippen molar-refractivity contribution in [2.24, 2.45) is 10.7 Å². The van der Waals surface area contributed by atoms with E-state index >= 15 is 0 Å². The molecule has 3 aromatic carbocycles. The molecule has 0 saturated heterocycles. The summed E-state index contributed by atoms with van der Waals surface area (Å²) in [6.45, 7) is 0. The van der Waals surface area contributed by atoms with Crippen LogP contribution in [0.1, 0.15) is 31.1 Å². The highest BCUT2D eigenvalue weighted by molar-refractivity contribution is 7.07. The van der Waals surface area contributed by atoms with E-state index in [0.29, 0.717) is 5.69 Å². The van der Waals surface area contributed by atoms with Crippen LogP contribution in [0.3, 0.4) is 0 Å². The summed E-state index contributed by atoms with van der Waals surface area (Å²) in [6, 6.07) is 20.5. The summed E-state index contributed by atoms with van der Waals surface area (Å²) in [5.41, 5.74) is 7.51. The predicted molar refractivity (Wildman–Crippen MR) is 133 cm³/mol. The van der Waals surface area contributed by atoms with Crippen LogP contribution >= 0.6 is 11.3 Å². The third-order valence-electron chi connectivity index (χ3n) is 5.65. The molecule has 176 valence electrons. The van der Waals surface area contributed by atoms with Crippen molar-refractivity contribution in [3.63, 3.8) is 0 Å². The number of nitro benzene ring substituents is 1. The van der Waals surface area contributed by atoms with Crippen LogP contribution in [0.5, 0.6) is 0 Å². The fraction of sp³-hybridized carbons (Fsp3) is 0. The van der Waals surface area contributed by atoms with Gasteiger partial charge in [-0.2, -0.15) is 4.99 Å². The first-order valence-electron chi connectivity index (χ1n) is 10.6. The summed E-state index contributed by atoms with van der Waals surface area (Å²) in [6.07, 6.45) is 0. The van der Waals surface area contributed by atoms with Gasteiger partial charge in [0.05, 0.1) is 10.6 Å². The summed E-state index contributed by atoms with van der Waals surface area (Å²) >= 11 is 1.10. The molecule has 1 heterocycles. The van der Waals surface area contributed by atoms with Gasteiger partial charge in [0, 0.05) is 34.2 Å². The molecule has 0 atom stereocenters. The van der Waals surface area contributed by atoms with Gasteiger partial charge in [-0.3, -0.25) is 29.1 Å². The molecule has 0 saturated carbocycles. The van der Waals surface area contributed by atoms with Gasteiger partial charge in [0.25, 0.3) is 11.6 Å². The van der Waals surface area contributed by atoms with E-state index in [1.54, 1.807) is 29.6 Å². The van der Waals surface area contributed by atoms with E-state index < -0.39 is 22.4 Å². The molecule has 36 heavy (non-hydrogen) atoms. The van der Waals surface area contributed by atoms with Crippen LogP contribution in [0.2, 0.25) is 0 Å². The number of rotatable bonds is 4. The highest BCUT2D eigenvalue weighted by Gasteiger charge is 2.33. The summed E-state index contributed by atoms with van der Waals surface area (Å²) in [4.78, 5) is 54.3. The molecule has 5 rings (SSSR count). The van der Waals surface area contributed by atoms with Crippen LogP contribution in [0.4, 0.5) is 5.69 Å². The number of nitro groups is 1. The molecule has 0 aliphatic heterocycles. The number of carbonyl (C=O) groups is 3. The number of nitrogens with zero attached hydrogens (tertiary/aromatic N) is 3. The fourth-order valence-corrected chi connectivity index (χ4v) is 4.79. The van der Waals surface area contributed by atoms with Gasteiger partial charge in [-0.1, -0.05) is 54.6 Å². The number of benzene rings is 3. The molecule has 1 aromatic heterocycles. The summed E-state index contributed by atoms with van der Waals surface area (Å²) < 4.78 is 1.43. The molecular formula is C26H16N4O5S. The summed E-state index contributed by atoms with van der Waals surface area (Å²) in [7, 11) is 0. The number of nitrogens with two attached hydrogens (primary N) is 1. The largest absolute Gasteiger partial charge is 0.394 e. The molecule has 1 aliphatic rings. The Morgan fingerprint density at radius 3 is 2.14 bits per heavy atom. The number of thiazole rings is 1. The first-order chi connectivity index (χ1) is 17.4. The van der Waals surface area contributed by atoms with Gasteiger partial charge in [0.2, 0.25) is 11.6 Å². The van der Waals surface area contributed by atoms with Crippen molar-refractivity contribution in [2.45, 2.75) is 0 Å². The van der Waals surface area contributed by atoms with E-state index in [-0.39, 0.29) is 38.6 Å². The van der Waals surface area contributed by atoms with Gasteiger partial charge in [-0.25, -0.2) is 0 Å². The van der Waals surface area contributed by atoms with Crippen LogP contribution in [0.15, 0.2) is 94.9 Å². The molecule has 0 bridgehead atoms. The van der Waals surface area contributed by atoms with Crippen LogP contribution in [-0.4, -0.2) is 27.0 Å². The molecule has 0 radical (unpaired) electrons. The van der Waals surface area contributed by atoms with Crippen molar-refractivity contribution in [2.75, 3.05) is 0 Å². The number of fused-ring (bicyclic) bond motifs is 1. The molecule has 0 spiro atoms. The Labute approximate surface area is 207 Å². The Hall–Kier alpha value is -4.96. The maximum Gasteiger partial charge on any atom is 0.279 e. The Morgan fingerprint density at radius 2 is 1.50 bits per heavy atom. The second-order valence-electron chi connectivity index (χ2n) is 7.79. The number of aromatic nitrogens is 1. The van der Waals surface area contributed by atoms with E-state index in [4.69, 9.17) is 5.73 Å². The van der Waals surface area contributed by atoms with E-state index in [9.17, 15) is 24.5 Å². The van der Waals surface area contributed by atoms with Crippen molar-refractivity contribution in [3.05, 3.63) is 122 Å². The molecule has 2 N–H and O–H groups in total. The van der Waals surface area contributed by atoms with Gasteiger partial charge in [0.1, 0.15) is 11.4 Å². The number of allylic oxidation sites excluding steroid dienone is 2. The second-order valence-corrected chi connectivity index (χ2v) is 8.63. The summed E-state index contributed by atoms with van der Waals surface area (Å²) in [5, 5.41) is 12.6. The molecule has 10 heteroatoms. The molecule has 1 amide bonds. The number of amides is 1. The quantitative estimate of drug-likeness (QED) is 0.334. The maximum absolute atomic E-state index is 13.6. The number of non-ortho nitro benzene ring substituents is 1. The normalized spacial score (nSPS) is 13.6. The van der Waals surface area contributed by atoms with Crippen molar-refractivity contribution < 1.29 is 19.3 Å². The van der Waals surface area contributed by atoms with Crippen molar-refractivity contribution in [3.8, 4) is 11.3 Å². The van der Waals surface area contributed by atoms with E-state index in [1.807, 2.05) is 30.3 Å². The first kappa shape index (κ1) is 22.8. The Morgan fingerprint density at radius 1 is 0.889 bits per heavy atom. The van der Waals surface area contributed by atoms with Crippen LogP contribution < -0.4 is 10.5 Å². The fourth-order valence-electron chi connectivity index (χ4n) is 3.90. The molecular weight excluding hydrogens is 480 g/mol. The monoisotopic (exact) mass is 496 g/mol. The third-order valence-corrected chi connectivity index (χ3v) is 6.48. The predicted octanol–water partition coefficient (Wildman–Crippen LogP) is 4.07. The van der Waals surface area contributed by atoms with Gasteiger partial charge < -0.3 is 5.73 Å². The number of carbonyl (C=O) groups excluding carboxylic acids is 3. The van der Waals surface area contributed by atoms with Crippen LogP contribution in [0, 0.1) is 10.1 Å². The molecule has 0 fully saturated rings. The van der Waals surface area contributed by atoms with E-state index in [2.05, 4.69) is 4.99 Å². The molecule has 9 nitrogen and oxygen atoms in total. The highest BCUT2D eigenvalue weighted by atomic mass is 32.1. The number of hydrogen-bond donors (Lipinski definition) is 1. The van der Waals surface area contributed by atoms with Gasteiger partial charge in [0.15, 0.2) is 4.80 Å². The van der Waals surface area contributed by atoms with E-state index in [1.165, 1.54) is 28.8 Å². The average Bonchev–Trinajstić information content (AvgIpc) is 3.31. The lowest BCUT2D eigenvalue weighted by molar-refractivity contribution is -0.384. The minimum Gasteiger partial charge on any atom is -0.394 e. The molecule has 4 aromatic rings. The van der Waals surface area contributed by atoms with Gasteiger partial charge in [-0.05, 0) is 17.7 Å². The Kier molecular flexibility index (Phi) is 5.71. The number of Topliss-reactive ketones (excluding diaryl/α,β-unsaturated/α-hetero) is 2. The zero-order chi connectivity index (χ0) is 25.4. The van der Waals surface area contributed by atoms with Crippen molar-refractivity contribution in [1.29, 1.82) is 0 Å². The Balaban J connectivity index is 1.72. The Bertz CT molecular complexity index is 1660. The lowest BCUT2D eigenvalue weighted by Gasteiger charge is -2.20. The standard InChI is InChI=1S/C26H16N4O5S/c27-21-22(24(32)19-9-5-4-8-18(19)23(21)31)29-20(15-6-2-1-3-7-15)14-36-26(29)28-25(33)16-10-12-17(13-11-16)30(34)35/h1-14H,27H2. The second kappa shape index (κ2) is 9.01. The minimum absolute atomic E-state index is 0.0888. The van der Waals surface area contributed by atoms with Crippen LogP contribution in [-0.2, 0) is 0 Å². The summed E-state index contributed by atoms with van der Waals surface area (Å²) in [5.74, 6) is -1.64. The average molecular weight is 497 g/mol. The zero-order valence-corrected chi connectivity index (χ0v) is 19.3. The minimum atomic E-state index is -0.672. The number of ketones is 2. The van der Waals surface area contributed by atoms with Gasteiger partial charge in [-0.15, -0.1) is 11.3 Å². The zero-order valence-electron chi connectivity index (χ0n) is 18.5. The first-order valence-corrected chi connectivity index (χ1v) is 11.5. The molecule has 1 aliphatic carbocycles. The van der Waals surface area contributed by atoms with E-state index in [0.717, 1.165) is 16.9 Å². The van der Waals surface area contributed by atoms with Crippen molar-refractivity contribution >= 4 is 40.2 Å². The third kappa shape index (κ3) is 3.85. The lowest BCUT2D eigenvalue weighted by Crippen LogP contribution is -2.32. The maximum atomic E-state index is 13.6. The smallest absolute Gasteiger partial charge is 0.279 e. The lowest BCUT2D eigenvalue weighted by atomic mass is 9.90. The van der Waals surface area contributed by atoms with Gasteiger partial charge >= 0.3 is 0 Å². The van der Waals surface area contributed by atoms with Crippen LogP contribution in [0.25, 0.3) is 17.0 Å². The highest BCUT2D eigenvalue weighted by Crippen LogP contribution is 2.30. The topological polar surface area (TPSA) is 138 Å². The van der Waals surface area contributed by atoms with Crippen molar-refractivity contribution in [1.82, 2.24) is 4.57 Å². The number of hydrogen-bond acceptors (Lipinski definition) is 7. The SMILES string of the molecule is NC1=C(n2c(-c3ccccc3)csc2=NC(=O)c2ccc([N+](=O)[O-])cc2)C(=O)c2ccccc2C1=O.